The summed E-state index contributed by atoms with van der Waals surface area (Å²) in [6, 6.07) is 12.8. The van der Waals surface area contributed by atoms with E-state index in [2.05, 4.69) is 15.3 Å². The number of hydrogen-bond acceptors (Lipinski definition) is 7. The first kappa shape index (κ1) is 28.9. The number of anilines is 1. The first-order valence-electron chi connectivity index (χ1n) is 12.1. The summed E-state index contributed by atoms with van der Waals surface area (Å²) in [5.41, 5.74) is 1.52. The summed E-state index contributed by atoms with van der Waals surface area (Å²) in [6.07, 6.45) is 0.328. The van der Waals surface area contributed by atoms with E-state index in [0.717, 1.165) is 11.4 Å². The molecule has 0 aliphatic heterocycles. The summed E-state index contributed by atoms with van der Waals surface area (Å²) >= 11 is 1.21. The Morgan fingerprint density at radius 2 is 1.68 bits per heavy atom. The van der Waals surface area contributed by atoms with Crippen LogP contribution in [-0.4, -0.2) is 52.2 Å². The lowest BCUT2D eigenvalue weighted by Gasteiger charge is -2.39. The van der Waals surface area contributed by atoms with Crippen molar-refractivity contribution >= 4 is 29.3 Å². The predicted molar refractivity (Wildman–Crippen MR) is 146 cm³/mol. The Hall–Kier alpha value is -3.66. The number of aryl methyl sites for hydroxylation is 2. The van der Waals surface area contributed by atoms with Gasteiger partial charge in [0.2, 0.25) is 11.8 Å². The molecule has 8 nitrogen and oxygen atoms in total. The van der Waals surface area contributed by atoms with Gasteiger partial charge in [-0.3, -0.25) is 9.59 Å². The minimum atomic E-state index is -1.24. The van der Waals surface area contributed by atoms with Gasteiger partial charge in [0, 0.05) is 24.0 Å². The van der Waals surface area contributed by atoms with E-state index in [1.165, 1.54) is 35.9 Å². The zero-order valence-electron chi connectivity index (χ0n) is 22.5. The average Bonchev–Trinajstić information content (AvgIpc) is 2.90. The molecule has 0 saturated carbocycles. The van der Waals surface area contributed by atoms with Crippen molar-refractivity contribution in [1.82, 2.24) is 14.9 Å². The van der Waals surface area contributed by atoms with E-state index < -0.39 is 5.54 Å². The monoisotopic (exact) mass is 540 g/mol. The van der Waals surface area contributed by atoms with Gasteiger partial charge in [0.15, 0.2) is 5.16 Å². The molecule has 1 unspecified atom stereocenters. The predicted octanol–water partition coefficient (Wildman–Crippen LogP) is 5.18. The van der Waals surface area contributed by atoms with Crippen molar-refractivity contribution in [1.29, 1.82) is 0 Å². The molecular weight excluding hydrogens is 507 g/mol. The molecule has 1 N–H and O–H groups in total. The molecule has 0 bridgehead atoms. The standard InChI is InChI=1S/C28H33FN4O4S/c1-7-28(4,26(35)32-23-13-12-22(36-5)15-24(23)37-6)33(16-20-8-10-21(29)11-9-20)25(34)17-38-27-30-18(2)14-19(3)31-27/h8-15H,7,16-17H2,1-6H3,(H,32,35). The highest BCUT2D eigenvalue weighted by atomic mass is 32.2. The maximum atomic E-state index is 13.8. The average molecular weight is 541 g/mol. The fraction of sp³-hybridized carbons (Fsp3) is 0.357. The molecule has 202 valence electrons. The van der Waals surface area contributed by atoms with Gasteiger partial charge >= 0.3 is 0 Å². The number of amides is 2. The highest BCUT2D eigenvalue weighted by Crippen LogP contribution is 2.32. The topological polar surface area (TPSA) is 93.7 Å². The summed E-state index contributed by atoms with van der Waals surface area (Å²) < 4.78 is 24.2. The highest BCUT2D eigenvalue weighted by Gasteiger charge is 2.41. The number of carbonyl (C=O) groups excluding carboxylic acids is 2. The third-order valence-corrected chi connectivity index (χ3v) is 7.10. The van der Waals surface area contributed by atoms with Crippen molar-refractivity contribution in [3.05, 3.63) is 71.3 Å². The van der Waals surface area contributed by atoms with E-state index in [4.69, 9.17) is 9.47 Å². The molecule has 38 heavy (non-hydrogen) atoms. The van der Waals surface area contributed by atoms with Crippen LogP contribution in [0.1, 0.15) is 37.2 Å². The van der Waals surface area contributed by atoms with Crippen LogP contribution in [0.3, 0.4) is 0 Å². The number of thioether (sulfide) groups is 1. The Morgan fingerprint density at radius 3 is 2.26 bits per heavy atom. The van der Waals surface area contributed by atoms with Crippen LogP contribution >= 0.6 is 11.8 Å². The lowest BCUT2D eigenvalue weighted by atomic mass is 9.93. The minimum absolute atomic E-state index is 0.0266. The molecule has 3 rings (SSSR count). The molecule has 0 spiro atoms. The maximum absolute atomic E-state index is 13.8. The Morgan fingerprint density at radius 1 is 1.03 bits per heavy atom. The SMILES string of the molecule is CCC(C)(C(=O)Nc1ccc(OC)cc1OC)N(Cc1ccc(F)cc1)C(=O)CSc1nc(C)cc(C)n1. The molecule has 0 aliphatic rings. The van der Waals surface area contributed by atoms with E-state index >= 15 is 0 Å². The lowest BCUT2D eigenvalue weighted by Crippen LogP contribution is -2.57. The minimum Gasteiger partial charge on any atom is -0.497 e. The van der Waals surface area contributed by atoms with Crippen LogP contribution in [0.5, 0.6) is 11.5 Å². The Kier molecular flexibility index (Phi) is 9.68. The molecule has 0 radical (unpaired) electrons. The third kappa shape index (κ3) is 7.00. The van der Waals surface area contributed by atoms with Gasteiger partial charge < -0.3 is 19.7 Å². The number of hydrogen-bond donors (Lipinski definition) is 1. The number of nitrogens with one attached hydrogen (secondary N) is 1. The number of carbonyl (C=O) groups is 2. The summed E-state index contributed by atoms with van der Waals surface area (Å²) in [5, 5.41) is 3.41. The molecule has 10 heteroatoms. The summed E-state index contributed by atoms with van der Waals surface area (Å²) in [4.78, 5) is 37.8. The lowest BCUT2D eigenvalue weighted by molar-refractivity contribution is -0.143. The van der Waals surface area contributed by atoms with Crippen LogP contribution in [0.2, 0.25) is 0 Å². The summed E-state index contributed by atoms with van der Waals surface area (Å²) in [5.74, 6) is -0.00253. The quantitative estimate of drug-likeness (QED) is 0.265. The molecule has 1 aromatic heterocycles. The van der Waals surface area contributed by atoms with E-state index in [9.17, 15) is 14.0 Å². The summed E-state index contributed by atoms with van der Waals surface area (Å²) in [6.45, 7) is 7.42. The van der Waals surface area contributed by atoms with Gasteiger partial charge in [0.1, 0.15) is 22.9 Å². The first-order valence-corrected chi connectivity index (χ1v) is 13.1. The van der Waals surface area contributed by atoms with Crippen molar-refractivity contribution in [2.75, 3.05) is 25.3 Å². The second kappa shape index (κ2) is 12.7. The number of aromatic nitrogens is 2. The molecule has 0 saturated heterocycles. The van der Waals surface area contributed by atoms with Crippen molar-refractivity contribution < 1.29 is 23.5 Å². The largest absolute Gasteiger partial charge is 0.497 e. The molecule has 2 amide bonds. The van der Waals surface area contributed by atoms with Crippen LogP contribution in [0.15, 0.2) is 53.7 Å². The van der Waals surface area contributed by atoms with Gasteiger partial charge in [-0.25, -0.2) is 14.4 Å². The fourth-order valence-corrected chi connectivity index (χ4v) is 4.73. The van der Waals surface area contributed by atoms with Crippen LogP contribution in [0, 0.1) is 19.7 Å². The number of rotatable bonds is 11. The number of halogens is 1. The van der Waals surface area contributed by atoms with Gasteiger partial charge in [-0.15, -0.1) is 0 Å². The highest BCUT2D eigenvalue weighted by molar-refractivity contribution is 7.99. The number of ether oxygens (including phenoxy) is 2. The van der Waals surface area contributed by atoms with Crippen LogP contribution in [-0.2, 0) is 16.1 Å². The number of benzene rings is 2. The molecule has 1 atom stereocenters. The first-order chi connectivity index (χ1) is 18.1. The van der Waals surface area contributed by atoms with E-state index in [1.54, 1.807) is 44.4 Å². The van der Waals surface area contributed by atoms with Crippen LogP contribution in [0.4, 0.5) is 10.1 Å². The Labute approximate surface area is 227 Å². The third-order valence-electron chi connectivity index (χ3n) is 6.27. The normalized spacial score (nSPS) is 12.4. The molecule has 1 heterocycles. The van der Waals surface area contributed by atoms with Gasteiger partial charge in [0.25, 0.3) is 0 Å². The molecule has 2 aromatic carbocycles. The second-order valence-corrected chi connectivity index (χ2v) is 9.92. The zero-order valence-corrected chi connectivity index (χ0v) is 23.3. The fourth-order valence-electron chi connectivity index (χ4n) is 3.91. The maximum Gasteiger partial charge on any atom is 0.250 e. The summed E-state index contributed by atoms with van der Waals surface area (Å²) in [7, 11) is 3.04. The van der Waals surface area contributed by atoms with Crippen LogP contribution in [0.25, 0.3) is 0 Å². The van der Waals surface area contributed by atoms with Crippen molar-refractivity contribution in [3.63, 3.8) is 0 Å². The van der Waals surface area contributed by atoms with Gasteiger partial charge in [-0.2, -0.15) is 0 Å². The van der Waals surface area contributed by atoms with Gasteiger partial charge in [-0.05, 0) is 63.1 Å². The zero-order chi connectivity index (χ0) is 27.9. The van der Waals surface area contributed by atoms with Gasteiger partial charge in [-0.1, -0.05) is 30.8 Å². The van der Waals surface area contributed by atoms with E-state index in [1.807, 2.05) is 26.8 Å². The van der Waals surface area contributed by atoms with E-state index in [-0.39, 0.29) is 29.9 Å². The number of nitrogens with zero attached hydrogens (tertiary/aromatic N) is 3. The number of methoxy groups -OCH3 is 2. The van der Waals surface area contributed by atoms with Crippen molar-refractivity contribution in [3.8, 4) is 11.5 Å². The second-order valence-electron chi connectivity index (χ2n) is 8.98. The Balaban J connectivity index is 1.91. The van der Waals surface area contributed by atoms with Gasteiger partial charge in [0.05, 0.1) is 25.7 Å². The van der Waals surface area contributed by atoms with Crippen molar-refractivity contribution in [2.45, 2.75) is 51.4 Å². The van der Waals surface area contributed by atoms with Crippen LogP contribution < -0.4 is 14.8 Å². The Bertz CT molecular complexity index is 1270. The van der Waals surface area contributed by atoms with Crippen molar-refractivity contribution in [2.24, 2.45) is 0 Å². The molecule has 0 fully saturated rings. The molecular formula is C28H33FN4O4S. The molecule has 3 aromatic rings. The smallest absolute Gasteiger partial charge is 0.250 e. The molecule has 0 aliphatic carbocycles. The van der Waals surface area contributed by atoms with E-state index in [0.29, 0.717) is 34.3 Å².